The van der Waals surface area contributed by atoms with Crippen LogP contribution in [0.4, 0.5) is 0 Å². The molecular formula is C20H30O2. The Kier molecular flexibility index (Phi) is 5.44. The van der Waals surface area contributed by atoms with Crippen molar-refractivity contribution in [3.8, 4) is 0 Å². The number of aldehydes is 1. The lowest BCUT2D eigenvalue weighted by atomic mass is 10.0. The Bertz CT molecular complexity index is 508. The van der Waals surface area contributed by atoms with E-state index in [1.807, 2.05) is 6.08 Å². The molecule has 0 heterocycles. The largest absolute Gasteiger partial charge is 0.388 e. The third-order valence-electron chi connectivity index (χ3n) is 5.60. The van der Waals surface area contributed by atoms with Crippen molar-refractivity contribution in [3.05, 3.63) is 34.9 Å². The molecule has 2 nitrogen and oxygen atoms in total. The maximum absolute atomic E-state index is 11.4. The van der Waals surface area contributed by atoms with Crippen molar-refractivity contribution < 1.29 is 9.90 Å². The number of hydrogen-bond donors (Lipinski definition) is 1. The second kappa shape index (κ2) is 6.95. The van der Waals surface area contributed by atoms with Crippen LogP contribution in [0.15, 0.2) is 34.9 Å². The minimum atomic E-state index is -0.662. The highest BCUT2D eigenvalue weighted by Crippen LogP contribution is 2.61. The fourth-order valence-electron chi connectivity index (χ4n) is 3.69. The molecule has 2 rings (SSSR count). The molecule has 2 aliphatic rings. The van der Waals surface area contributed by atoms with Crippen LogP contribution >= 0.6 is 0 Å². The van der Waals surface area contributed by atoms with E-state index in [9.17, 15) is 9.90 Å². The molecule has 0 spiro atoms. The first-order valence-corrected chi connectivity index (χ1v) is 8.52. The molecule has 0 bridgehead atoms. The van der Waals surface area contributed by atoms with Crippen LogP contribution in [0, 0.1) is 17.3 Å². The molecule has 122 valence electrons. The number of allylic oxidation sites excluding steroid dienone is 4. The van der Waals surface area contributed by atoms with Gasteiger partial charge in [-0.2, -0.15) is 0 Å². The van der Waals surface area contributed by atoms with Gasteiger partial charge >= 0.3 is 0 Å². The lowest BCUT2D eigenvalue weighted by Crippen LogP contribution is -2.11. The molecule has 3 atom stereocenters. The van der Waals surface area contributed by atoms with Crippen LogP contribution in [-0.4, -0.2) is 17.5 Å². The maximum atomic E-state index is 11.4. The van der Waals surface area contributed by atoms with Crippen molar-refractivity contribution in [1.82, 2.24) is 0 Å². The Hall–Kier alpha value is -1.15. The van der Waals surface area contributed by atoms with Crippen LogP contribution in [-0.2, 0) is 4.79 Å². The van der Waals surface area contributed by atoms with Gasteiger partial charge in [-0.15, -0.1) is 0 Å². The highest BCUT2D eigenvalue weighted by atomic mass is 16.3. The van der Waals surface area contributed by atoms with E-state index >= 15 is 0 Å². The van der Waals surface area contributed by atoms with Crippen LogP contribution in [0.1, 0.15) is 59.8 Å². The molecule has 1 N–H and O–H groups in total. The smallest absolute Gasteiger partial charge is 0.148 e. The Labute approximate surface area is 135 Å². The molecule has 2 aliphatic carbocycles. The molecule has 0 unspecified atom stereocenters. The van der Waals surface area contributed by atoms with Crippen molar-refractivity contribution in [1.29, 1.82) is 0 Å². The molecule has 1 fully saturated rings. The zero-order chi connectivity index (χ0) is 16.3. The summed E-state index contributed by atoms with van der Waals surface area (Å²) in [5, 5.41) is 10.3. The highest BCUT2D eigenvalue weighted by molar-refractivity contribution is 5.75. The van der Waals surface area contributed by atoms with Gasteiger partial charge in [0, 0.05) is 5.57 Å². The second-order valence-corrected chi connectivity index (χ2v) is 7.67. The van der Waals surface area contributed by atoms with Crippen molar-refractivity contribution >= 4 is 6.29 Å². The number of fused-ring (bicyclic) bond motifs is 1. The number of aliphatic hydroxyl groups is 1. The van der Waals surface area contributed by atoms with Crippen LogP contribution in [0.5, 0.6) is 0 Å². The van der Waals surface area contributed by atoms with Crippen molar-refractivity contribution in [2.24, 2.45) is 17.3 Å². The van der Waals surface area contributed by atoms with E-state index in [0.29, 0.717) is 23.8 Å². The normalized spacial score (nSPS) is 32.8. The average Bonchev–Trinajstić information content (AvgIpc) is 2.99. The summed E-state index contributed by atoms with van der Waals surface area (Å²) in [6.45, 7) is 8.88. The second-order valence-electron chi connectivity index (χ2n) is 7.67. The topological polar surface area (TPSA) is 37.3 Å². The van der Waals surface area contributed by atoms with E-state index in [1.54, 1.807) is 0 Å². The molecule has 0 amide bonds. The zero-order valence-electron chi connectivity index (χ0n) is 14.4. The van der Waals surface area contributed by atoms with E-state index in [1.165, 1.54) is 17.6 Å². The number of hydrogen-bond acceptors (Lipinski definition) is 2. The number of carbonyl (C=O) groups excluding carboxylic acids is 1. The Morgan fingerprint density at radius 3 is 2.55 bits per heavy atom. The first-order valence-electron chi connectivity index (χ1n) is 8.52. The van der Waals surface area contributed by atoms with Crippen LogP contribution in [0.3, 0.4) is 0 Å². The summed E-state index contributed by atoms with van der Waals surface area (Å²) < 4.78 is 0. The highest BCUT2D eigenvalue weighted by Gasteiger charge is 2.55. The minimum absolute atomic E-state index is 0.250. The summed E-state index contributed by atoms with van der Waals surface area (Å²) in [4.78, 5) is 11.4. The van der Waals surface area contributed by atoms with Crippen LogP contribution in [0.25, 0.3) is 0 Å². The predicted molar refractivity (Wildman–Crippen MR) is 91.5 cm³/mol. The summed E-state index contributed by atoms with van der Waals surface area (Å²) in [5.41, 5.74) is 3.58. The number of rotatable bonds is 1. The lowest BCUT2D eigenvalue weighted by molar-refractivity contribution is -0.105. The first-order chi connectivity index (χ1) is 10.4. The molecular weight excluding hydrogens is 272 g/mol. The van der Waals surface area contributed by atoms with Gasteiger partial charge in [0.05, 0.1) is 6.10 Å². The maximum Gasteiger partial charge on any atom is 0.148 e. The van der Waals surface area contributed by atoms with E-state index in [4.69, 9.17) is 0 Å². The van der Waals surface area contributed by atoms with Gasteiger partial charge < -0.3 is 5.11 Å². The van der Waals surface area contributed by atoms with Crippen LogP contribution < -0.4 is 0 Å². The molecule has 1 saturated carbocycles. The minimum Gasteiger partial charge on any atom is -0.388 e. The quantitative estimate of drug-likeness (QED) is 0.567. The van der Waals surface area contributed by atoms with Gasteiger partial charge in [0.15, 0.2) is 0 Å². The molecule has 0 aromatic rings. The third kappa shape index (κ3) is 3.98. The lowest BCUT2D eigenvalue weighted by Gasteiger charge is -2.10. The number of carbonyl (C=O) groups is 1. The predicted octanol–water partition coefficient (Wildman–Crippen LogP) is 4.60. The molecule has 0 aliphatic heterocycles. The summed E-state index contributed by atoms with van der Waals surface area (Å²) in [6, 6.07) is 0. The summed E-state index contributed by atoms with van der Waals surface area (Å²) >= 11 is 0. The van der Waals surface area contributed by atoms with Gasteiger partial charge in [-0.1, -0.05) is 43.2 Å². The summed E-state index contributed by atoms with van der Waals surface area (Å²) in [6.07, 6.45) is 11.6. The van der Waals surface area contributed by atoms with Gasteiger partial charge in [0.2, 0.25) is 0 Å². The molecule has 0 saturated heterocycles. The zero-order valence-corrected chi connectivity index (χ0v) is 14.4. The van der Waals surface area contributed by atoms with Crippen LogP contribution in [0.2, 0.25) is 0 Å². The van der Waals surface area contributed by atoms with E-state index < -0.39 is 6.10 Å². The molecule has 2 heteroatoms. The number of aliphatic hydroxyl groups excluding tert-OH is 1. The van der Waals surface area contributed by atoms with Crippen molar-refractivity contribution in [3.63, 3.8) is 0 Å². The molecule has 0 aromatic carbocycles. The fourth-order valence-corrected chi connectivity index (χ4v) is 3.69. The SMILES string of the molecule is CC1=CC[C@H](O)C(C=O)=C[C@@H]2[C@@H](CCC(C)=CCC1)C2(C)C. The molecule has 22 heavy (non-hydrogen) atoms. The first kappa shape index (κ1) is 17.2. The average molecular weight is 302 g/mol. The molecule has 0 aromatic heterocycles. The van der Waals surface area contributed by atoms with Gasteiger partial charge in [0.1, 0.15) is 6.29 Å². The van der Waals surface area contributed by atoms with Gasteiger partial charge in [-0.05, 0) is 63.2 Å². The summed E-state index contributed by atoms with van der Waals surface area (Å²) in [5.74, 6) is 1.04. The Balaban J connectivity index is 2.22. The Morgan fingerprint density at radius 1 is 1.18 bits per heavy atom. The van der Waals surface area contributed by atoms with E-state index in [0.717, 1.165) is 25.5 Å². The fraction of sp³-hybridized carbons (Fsp3) is 0.650. The van der Waals surface area contributed by atoms with Gasteiger partial charge in [-0.3, -0.25) is 4.79 Å². The van der Waals surface area contributed by atoms with Crippen molar-refractivity contribution in [2.45, 2.75) is 65.9 Å². The third-order valence-corrected chi connectivity index (χ3v) is 5.60. The monoisotopic (exact) mass is 302 g/mol. The Morgan fingerprint density at radius 2 is 1.86 bits per heavy atom. The standard InChI is InChI=1S/C20H30O2/c1-14-6-5-7-15(2)9-11-19(22)16(13-21)12-18-17(10-8-14)20(18,3)4/h6,9,12-13,17-19,22H,5,7-8,10-11H2,1-4H3/t17-,18-,19+/m1/s1. The summed E-state index contributed by atoms with van der Waals surface area (Å²) in [7, 11) is 0. The molecule has 0 radical (unpaired) electrons. The van der Waals surface area contributed by atoms with Gasteiger partial charge in [-0.25, -0.2) is 0 Å². The van der Waals surface area contributed by atoms with Gasteiger partial charge in [0.25, 0.3) is 0 Å². The van der Waals surface area contributed by atoms with E-state index in [2.05, 4.69) is 39.8 Å². The van der Waals surface area contributed by atoms with E-state index in [-0.39, 0.29) is 5.41 Å². The van der Waals surface area contributed by atoms with Crippen molar-refractivity contribution in [2.75, 3.05) is 0 Å².